The van der Waals surface area contributed by atoms with Gasteiger partial charge in [-0.25, -0.2) is 0 Å². The van der Waals surface area contributed by atoms with E-state index in [4.69, 9.17) is 33.2 Å². The maximum atomic E-state index is 10.8. The van der Waals surface area contributed by atoms with Crippen molar-refractivity contribution in [3.05, 3.63) is 12.2 Å². The predicted octanol–water partition coefficient (Wildman–Crippen LogP) is 1.87. The summed E-state index contributed by atoms with van der Waals surface area (Å²) in [5.41, 5.74) is 0.410. The Morgan fingerprint density at radius 1 is 1.55 bits per heavy atom. The lowest BCUT2D eigenvalue weighted by atomic mass is 10.3. The van der Waals surface area contributed by atoms with Gasteiger partial charge in [-0.05, 0) is 6.92 Å². The van der Waals surface area contributed by atoms with Crippen LogP contribution in [0.2, 0.25) is 0 Å². The Bertz CT molecular complexity index is 177. The second-order valence-corrected chi connectivity index (χ2v) is 11.2. The van der Waals surface area contributed by atoms with E-state index < -0.39 is 6.00 Å². The van der Waals surface area contributed by atoms with Gasteiger partial charge >= 0.3 is 6.00 Å². The van der Waals surface area contributed by atoms with Gasteiger partial charge in [0.05, 0.1) is 6.17 Å². The van der Waals surface area contributed by atoms with Gasteiger partial charge in [0.1, 0.15) is 0 Å². The highest BCUT2D eigenvalue weighted by Gasteiger charge is 2.25. The molecule has 0 rings (SSSR count). The van der Waals surface area contributed by atoms with Crippen LogP contribution in [0.4, 0.5) is 0 Å². The van der Waals surface area contributed by atoms with Crippen LogP contribution in [0.1, 0.15) is 6.92 Å². The molecule has 1 amide bonds. The molecule has 0 saturated heterocycles. The molecule has 64 valence electrons. The van der Waals surface area contributed by atoms with Crippen molar-refractivity contribution in [2.24, 2.45) is 0 Å². The van der Waals surface area contributed by atoms with E-state index in [-0.39, 0.29) is 12.1 Å². The van der Waals surface area contributed by atoms with Crippen molar-refractivity contribution >= 4 is 45.1 Å². The number of halogens is 3. The van der Waals surface area contributed by atoms with E-state index in [0.717, 1.165) is 0 Å². The zero-order chi connectivity index (χ0) is 9.07. The first-order valence-electron chi connectivity index (χ1n) is 2.83. The van der Waals surface area contributed by atoms with E-state index in [1.807, 2.05) is 0 Å². The van der Waals surface area contributed by atoms with Gasteiger partial charge in [-0.15, -0.1) is 33.2 Å². The zero-order valence-corrected chi connectivity index (χ0v) is 9.22. The molecule has 0 atom stereocenters. The van der Waals surface area contributed by atoms with Crippen molar-refractivity contribution < 1.29 is 4.79 Å². The van der Waals surface area contributed by atoms with Crippen LogP contribution in [0.3, 0.4) is 0 Å². The highest BCUT2D eigenvalue weighted by molar-refractivity contribution is 7.64. The second-order valence-electron chi connectivity index (χ2n) is 2.08. The van der Waals surface area contributed by atoms with Crippen molar-refractivity contribution in [2.75, 3.05) is 6.17 Å². The summed E-state index contributed by atoms with van der Waals surface area (Å²) in [6, 6.07) is -2.72. The Morgan fingerprint density at radius 2 is 2.00 bits per heavy atom. The summed E-state index contributed by atoms with van der Waals surface area (Å²) in [6.45, 7) is 5.02. The van der Waals surface area contributed by atoms with Gasteiger partial charge in [0, 0.05) is 5.57 Å². The first-order valence-corrected chi connectivity index (χ1v) is 8.07. The molecule has 0 unspecified atom stereocenters. The minimum Gasteiger partial charge on any atom is -0.351 e. The van der Waals surface area contributed by atoms with Crippen LogP contribution in [0.25, 0.3) is 0 Å². The van der Waals surface area contributed by atoms with Crippen LogP contribution >= 0.6 is 33.2 Å². The quantitative estimate of drug-likeness (QED) is 0.449. The third-order valence-corrected chi connectivity index (χ3v) is 2.62. The number of amides is 1. The predicted molar refractivity (Wildman–Crippen MR) is 51.1 cm³/mol. The van der Waals surface area contributed by atoms with E-state index in [1.54, 1.807) is 6.92 Å². The minimum atomic E-state index is -2.72. The van der Waals surface area contributed by atoms with Crippen molar-refractivity contribution in [3.8, 4) is 0 Å². The van der Waals surface area contributed by atoms with Crippen molar-refractivity contribution in [3.63, 3.8) is 0 Å². The molecule has 1 N–H and O–H groups in total. The number of carbonyl (C=O) groups is 1. The minimum absolute atomic E-state index is 0.128. The number of nitrogens with one attached hydrogen (secondary N) is 1. The molecular weight excluding hydrogens is 225 g/mol. The fourth-order valence-corrected chi connectivity index (χ4v) is 1.29. The third kappa shape index (κ3) is 6.69. The molecular formula is C5H8Cl3NOSi. The average molecular weight is 233 g/mol. The van der Waals surface area contributed by atoms with Gasteiger partial charge in [0.15, 0.2) is 0 Å². The monoisotopic (exact) mass is 231 g/mol. The van der Waals surface area contributed by atoms with Gasteiger partial charge in [0.2, 0.25) is 5.91 Å². The SMILES string of the molecule is C=C(C)C(=O)NC[Si](Cl)(Cl)Cl. The number of carbonyl (C=O) groups excluding carboxylic acids is 1. The van der Waals surface area contributed by atoms with Crippen molar-refractivity contribution in [1.29, 1.82) is 0 Å². The molecule has 0 aliphatic rings. The molecule has 0 fully saturated rings. The highest BCUT2D eigenvalue weighted by atomic mass is 35.8. The summed E-state index contributed by atoms with van der Waals surface area (Å²) in [5, 5.41) is 2.45. The molecule has 2 nitrogen and oxygen atoms in total. The maximum absolute atomic E-state index is 10.8. The second kappa shape index (κ2) is 4.35. The first-order chi connectivity index (χ1) is 4.83. The standard InChI is InChI=1S/C5H8Cl3NOSi/c1-4(2)5(10)9-3-11(6,7)8/h1,3H2,2H3,(H,9,10). The Labute approximate surface area is 80.6 Å². The van der Waals surface area contributed by atoms with Crippen LogP contribution in [-0.4, -0.2) is 18.1 Å². The fourth-order valence-electron chi connectivity index (χ4n) is 0.331. The fraction of sp³-hybridized carbons (Fsp3) is 0.400. The van der Waals surface area contributed by atoms with Gasteiger partial charge in [-0.2, -0.15) is 0 Å². The lowest BCUT2D eigenvalue weighted by molar-refractivity contribution is -0.117. The van der Waals surface area contributed by atoms with Gasteiger partial charge < -0.3 is 5.32 Å². The van der Waals surface area contributed by atoms with E-state index in [1.165, 1.54) is 0 Å². The van der Waals surface area contributed by atoms with Crippen LogP contribution in [0.5, 0.6) is 0 Å². The molecule has 0 heterocycles. The lowest BCUT2D eigenvalue weighted by Gasteiger charge is -2.08. The summed E-state index contributed by atoms with van der Waals surface area (Å²) >= 11 is 16.5. The van der Waals surface area contributed by atoms with Crippen molar-refractivity contribution in [1.82, 2.24) is 5.32 Å². The van der Waals surface area contributed by atoms with Crippen LogP contribution in [0.15, 0.2) is 12.2 Å². The molecule has 0 aromatic carbocycles. The highest BCUT2D eigenvalue weighted by Crippen LogP contribution is 2.17. The zero-order valence-electron chi connectivity index (χ0n) is 5.96. The Morgan fingerprint density at radius 3 is 2.27 bits per heavy atom. The normalized spacial score (nSPS) is 10.9. The smallest absolute Gasteiger partial charge is 0.351 e. The Balaban J connectivity index is 3.73. The molecule has 0 radical (unpaired) electrons. The van der Waals surface area contributed by atoms with Crippen LogP contribution in [-0.2, 0) is 4.79 Å². The summed E-state index contributed by atoms with van der Waals surface area (Å²) in [5.74, 6) is -0.274. The van der Waals surface area contributed by atoms with E-state index in [9.17, 15) is 4.79 Å². The molecule has 0 spiro atoms. The summed E-state index contributed by atoms with van der Waals surface area (Å²) in [7, 11) is 0. The third-order valence-electron chi connectivity index (χ3n) is 0.837. The van der Waals surface area contributed by atoms with Gasteiger partial charge in [-0.3, -0.25) is 4.79 Å². The molecule has 0 aromatic heterocycles. The molecule has 0 bridgehead atoms. The Kier molecular flexibility index (Phi) is 4.47. The first kappa shape index (κ1) is 11.3. The molecule has 0 aliphatic heterocycles. The average Bonchev–Trinajstić information content (AvgIpc) is 1.80. The largest absolute Gasteiger partial charge is 0.359 e. The molecule has 0 saturated carbocycles. The summed E-state index contributed by atoms with van der Waals surface area (Å²) < 4.78 is 0. The molecule has 11 heavy (non-hydrogen) atoms. The topological polar surface area (TPSA) is 29.1 Å². The van der Waals surface area contributed by atoms with Gasteiger partial charge in [0.25, 0.3) is 0 Å². The summed E-state index contributed by atoms with van der Waals surface area (Å²) in [6.07, 6.45) is 0.128. The van der Waals surface area contributed by atoms with E-state index >= 15 is 0 Å². The van der Waals surface area contributed by atoms with Gasteiger partial charge in [-0.1, -0.05) is 6.58 Å². The van der Waals surface area contributed by atoms with E-state index in [2.05, 4.69) is 11.9 Å². The maximum Gasteiger partial charge on any atom is 0.359 e. The molecule has 0 aliphatic carbocycles. The van der Waals surface area contributed by atoms with Crippen molar-refractivity contribution in [2.45, 2.75) is 6.92 Å². The number of hydrogen-bond acceptors (Lipinski definition) is 1. The number of hydrogen-bond donors (Lipinski definition) is 1. The number of rotatable bonds is 3. The van der Waals surface area contributed by atoms with Crippen LogP contribution in [0, 0.1) is 0 Å². The summed E-state index contributed by atoms with van der Waals surface area (Å²) in [4.78, 5) is 10.8. The van der Waals surface area contributed by atoms with Crippen LogP contribution < -0.4 is 5.32 Å². The molecule has 6 heteroatoms. The Hall–Kier alpha value is 0.297. The lowest BCUT2D eigenvalue weighted by Crippen LogP contribution is -2.35. The molecule has 0 aromatic rings. The van der Waals surface area contributed by atoms with E-state index in [0.29, 0.717) is 5.57 Å².